The molecule has 3 rings (SSSR count). The van der Waals surface area contributed by atoms with E-state index in [9.17, 15) is 108 Å². The maximum absolute atomic E-state index is 13.9. The lowest BCUT2D eigenvalue weighted by Gasteiger charge is -2.42. The van der Waals surface area contributed by atoms with Gasteiger partial charge in [0.05, 0.1) is 85.9 Å². The molecule has 17 unspecified atom stereocenters. The number of carbonyl (C=O) groups is 10. The molecule has 3 aliphatic heterocycles. The van der Waals surface area contributed by atoms with Crippen molar-refractivity contribution in [3.05, 3.63) is 0 Å². The Labute approximate surface area is 683 Å². The van der Waals surface area contributed by atoms with Crippen LogP contribution in [0, 0.1) is 5.92 Å². The van der Waals surface area contributed by atoms with Crippen LogP contribution in [0.15, 0.2) is 0 Å². The van der Waals surface area contributed by atoms with E-state index in [0.29, 0.717) is 38.8 Å². The topological polar surface area (TPSA) is 626 Å². The Bertz CT molecular complexity index is 2950. The largest absolute Gasteiger partial charge is 0.778 e. The number of amides is 10. The molecule has 3 heterocycles. The Morgan fingerprint density at radius 1 is 0.393 bits per heavy atom. The number of hydrogen-bond acceptors (Lipinski definition) is 32. The lowest BCUT2D eigenvalue weighted by Crippen LogP contribution is -2.64. The summed E-state index contributed by atoms with van der Waals surface area (Å²) in [5, 5.41) is 127. The van der Waals surface area contributed by atoms with Gasteiger partial charge < -0.3 is 161 Å². The summed E-state index contributed by atoms with van der Waals surface area (Å²) in [6.07, 6.45) is -7.56. The normalized spacial score (nSPS) is 24.6. The third-order valence-electron chi connectivity index (χ3n) is 19.2. The van der Waals surface area contributed by atoms with Crippen LogP contribution < -0.4 is 58.1 Å². The summed E-state index contributed by atoms with van der Waals surface area (Å²) in [6, 6.07) is -6.34. The van der Waals surface area contributed by atoms with Gasteiger partial charge in [0.15, 0.2) is 18.9 Å². The first kappa shape index (κ1) is 105. The minimum atomic E-state index is -4.07. The van der Waals surface area contributed by atoms with Crippen LogP contribution in [-0.4, -0.2) is 345 Å². The number of aliphatic hydroxyl groups excluding tert-OH is 10. The number of hydrogen-bond donors (Lipinski definition) is 20. The summed E-state index contributed by atoms with van der Waals surface area (Å²) in [5.74, 6) is -5.78. The van der Waals surface area contributed by atoms with E-state index in [0.717, 1.165) is 57.8 Å². The molecule has 117 heavy (non-hydrogen) atoms. The van der Waals surface area contributed by atoms with Gasteiger partial charge in [0.1, 0.15) is 92.7 Å². The quantitative estimate of drug-likeness (QED) is 0.0199. The molecule has 0 saturated carbocycles. The van der Waals surface area contributed by atoms with Crippen LogP contribution in [0.4, 0.5) is 0 Å². The smallest absolute Gasteiger partial charge is 0.242 e. The zero-order valence-electron chi connectivity index (χ0n) is 68.4. The van der Waals surface area contributed by atoms with E-state index in [1.165, 1.54) is 20.8 Å². The average Bonchev–Trinajstić information content (AvgIpc) is 0.811. The maximum Gasteiger partial charge on any atom is 0.242 e. The lowest BCUT2D eigenvalue weighted by molar-refractivity contribution is -0.272. The van der Waals surface area contributed by atoms with Gasteiger partial charge in [-0.1, -0.05) is 72.1 Å². The minimum absolute atomic E-state index is 0.0142. The third kappa shape index (κ3) is 42.4. The average molecular weight is 1710 g/mol. The molecular formula is C74H134N10O32P-. The number of nitrogens with one attached hydrogen (secondary N) is 10. The molecule has 10 amide bonds. The van der Waals surface area contributed by atoms with Gasteiger partial charge in [0, 0.05) is 103 Å². The zero-order chi connectivity index (χ0) is 86.9. The molecule has 0 aromatic heterocycles. The van der Waals surface area contributed by atoms with E-state index in [1.807, 2.05) is 0 Å². The van der Waals surface area contributed by atoms with Gasteiger partial charge in [0.2, 0.25) is 59.1 Å². The molecule has 678 valence electrons. The second-order valence-electron chi connectivity index (χ2n) is 30.0. The van der Waals surface area contributed by atoms with Gasteiger partial charge >= 0.3 is 0 Å². The summed E-state index contributed by atoms with van der Waals surface area (Å²) in [5.41, 5.74) is 0. The molecule has 0 bridgehead atoms. The highest BCUT2D eigenvalue weighted by Gasteiger charge is 2.48. The number of rotatable bonds is 62. The van der Waals surface area contributed by atoms with Crippen molar-refractivity contribution in [3.63, 3.8) is 0 Å². The number of ether oxygens (including phenoxy) is 9. The molecule has 19 atom stereocenters. The van der Waals surface area contributed by atoms with Crippen molar-refractivity contribution in [2.75, 3.05) is 125 Å². The van der Waals surface area contributed by atoms with E-state index in [2.05, 4.69) is 53.2 Å². The predicted molar refractivity (Wildman–Crippen MR) is 412 cm³/mol. The summed E-state index contributed by atoms with van der Waals surface area (Å²) < 4.78 is 67.8. The Kier molecular flexibility index (Phi) is 53.0. The van der Waals surface area contributed by atoms with Gasteiger partial charge in [-0.25, -0.2) is 0 Å². The standard InChI is InChI=1S/C74H135N10O32P/c1-46(89)80-60-66(100)63(97)52(42-86)114-71(60)110-38-35-107-32-29-77-57(94)25-23-50(69(103)78-30-33-108-36-39-111-72-61(81-47(2)90)67(101)64(98)53(43-87)115-72)84-59(96)26-24-51(70(104)79-31-34-109-37-40-112-73-62(82-48(3)91)68(102)65(99)54(44-88)116-73)83-58(95)22-18-21-56(93)75-27-16-13-11-9-7-8-10-12-14-20-55(92)76-28-17-15-19-49(41-85)45-113-117(105,106)74(4,5)6/h49-54,60-68,71-73,85-88,97-102H,7-45H2,1-6H3,(H,75,93)(H,76,92)(H,77,94)(H,78,103)(H,79,104)(H,80,89)(H,81,90)(H,82,91)(H,83,95)(H,84,96)(H,105,106)/p-1/t49?,50-,51-,52?,53?,54?,60?,61?,62?,63?,64?,65?,66?,67?,68?,71?,72?,73?/m0/s1. The fourth-order valence-electron chi connectivity index (χ4n) is 12.4. The first-order chi connectivity index (χ1) is 55.7. The van der Waals surface area contributed by atoms with Crippen LogP contribution >= 0.6 is 7.60 Å². The van der Waals surface area contributed by atoms with Crippen molar-refractivity contribution in [2.45, 2.75) is 279 Å². The zero-order valence-corrected chi connectivity index (χ0v) is 69.3. The van der Waals surface area contributed by atoms with Crippen molar-refractivity contribution in [3.8, 4) is 0 Å². The fraction of sp³-hybridized carbons (Fsp3) is 0.865. The molecule has 43 heteroatoms. The first-order valence-electron chi connectivity index (χ1n) is 40.5. The molecule has 42 nitrogen and oxygen atoms in total. The minimum Gasteiger partial charge on any atom is -0.778 e. The van der Waals surface area contributed by atoms with Crippen LogP contribution in [0.25, 0.3) is 0 Å². The summed E-state index contributed by atoms with van der Waals surface area (Å²) in [6.45, 7) is 5.40. The third-order valence-corrected chi connectivity index (χ3v) is 21.3. The van der Waals surface area contributed by atoms with Crippen molar-refractivity contribution in [1.29, 1.82) is 0 Å². The van der Waals surface area contributed by atoms with Crippen molar-refractivity contribution < 1.29 is 156 Å². The van der Waals surface area contributed by atoms with Gasteiger partial charge in [-0.05, 0) is 44.9 Å². The molecule has 0 aliphatic carbocycles. The predicted octanol–water partition coefficient (Wildman–Crippen LogP) is -5.75. The number of carbonyl (C=O) groups excluding carboxylic acids is 10. The highest BCUT2D eigenvalue weighted by atomic mass is 31.2. The lowest BCUT2D eigenvalue weighted by atomic mass is 9.97. The molecule has 0 radical (unpaired) electrons. The second kappa shape index (κ2) is 58.9. The molecular weight excluding hydrogens is 1570 g/mol. The molecule has 0 aromatic carbocycles. The van der Waals surface area contributed by atoms with E-state index in [4.69, 9.17) is 47.2 Å². The summed E-state index contributed by atoms with van der Waals surface area (Å²) >= 11 is 0. The maximum atomic E-state index is 13.9. The monoisotopic (exact) mass is 1710 g/mol. The Morgan fingerprint density at radius 3 is 1.09 bits per heavy atom. The van der Waals surface area contributed by atoms with E-state index < -0.39 is 190 Å². The first-order valence-corrected chi connectivity index (χ1v) is 42.0. The van der Waals surface area contributed by atoms with Crippen LogP contribution in [-0.2, 0) is 99.7 Å². The van der Waals surface area contributed by atoms with Crippen LogP contribution in [0.2, 0.25) is 0 Å². The number of unbranched alkanes of at least 4 members (excludes halogenated alkanes) is 9. The van der Waals surface area contributed by atoms with Crippen LogP contribution in [0.1, 0.15) is 170 Å². The molecule has 0 spiro atoms. The SMILES string of the molecule is CC(=O)NC1C(OCCOCCNC(=O)CC[C@H](NC(=O)CC[C@H](NC(=O)CCCC(=O)NCCCCCCCCCCCC(=O)NCCCCC(CO)COP(=O)([O-])C(C)(C)C)C(=O)NCCOCCOC2OC(CO)C(O)C(O)C2NC(C)=O)C(=O)NCCOCCOC2OC(CO)C(O)C(O)C2NC(C)=O)OC(CO)C(O)C1O. The highest BCUT2D eigenvalue weighted by molar-refractivity contribution is 7.53. The van der Waals surface area contributed by atoms with Gasteiger partial charge in [0.25, 0.3) is 0 Å². The van der Waals surface area contributed by atoms with Crippen molar-refractivity contribution >= 4 is 66.7 Å². The van der Waals surface area contributed by atoms with Crippen LogP contribution in [0.5, 0.6) is 0 Å². The van der Waals surface area contributed by atoms with Crippen molar-refractivity contribution in [1.82, 2.24) is 53.2 Å². The van der Waals surface area contributed by atoms with Gasteiger partial charge in [-0.2, -0.15) is 0 Å². The summed E-state index contributed by atoms with van der Waals surface area (Å²) in [7, 11) is -4.07. The van der Waals surface area contributed by atoms with Gasteiger partial charge in [-0.3, -0.25) is 47.9 Å². The fourth-order valence-corrected chi connectivity index (χ4v) is 13.2. The molecule has 3 fully saturated rings. The van der Waals surface area contributed by atoms with E-state index in [-0.39, 0.29) is 149 Å². The molecule has 3 saturated heterocycles. The number of aliphatic hydroxyl groups is 10. The second-order valence-corrected chi connectivity index (χ2v) is 32.6. The molecule has 20 N–H and O–H groups in total. The summed E-state index contributed by atoms with van der Waals surface area (Å²) in [4.78, 5) is 141. The Balaban J connectivity index is 1.56. The highest BCUT2D eigenvalue weighted by Crippen LogP contribution is 2.51. The van der Waals surface area contributed by atoms with E-state index >= 15 is 0 Å². The van der Waals surface area contributed by atoms with Crippen LogP contribution in [0.3, 0.4) is 0 Å². The molecule has 0 aromatic rings. The Hall–Kier alpha value is -5.91. The van der Waals surface area contributed by atoms with Crippen molar-refractivity contribution in [2.24, 2.45) is 5.92 Å². The Morgan fingerprint density at radius 2 is 0.718 bits per heavy atom. The van der Waals surface area contributed by atoms with E-state index in [1.54, 1.807) is 20.8 Å². The molecule has 3 aliphatic rings. The van der Waals surface area contributed by atoms with Gasteiger partial charge in [-0.15, -0.1) is 0 Å².